The van der Waals surface area contributed by atoms with E-state index in [1.807, 2.05) is 6.92 Å². The summed E-state index contributed by atoms with van der Waals surface area (Å²) in [5.41, 5.74) is 0.681. The average molecular weight is 377 g/mol. The van der Waals surface area contributed by atoms with Crippen LogP contribution in [-0.4, -0.2) is 51.1 Å². The third-order valence-corrected chi connectivity index (χ3v) is 4.97. The van der Waals surface area contributed by atoms with Crippen LogP contribution in [0.1, 0.15) is 6.92 Å². The molecule has 1 aromatic carbocycles. The first-order valence-electron chi connectivity index (χ1n) is 8.04. The van der Waals surface area contributed by atoms with Gasteiger partial charge in [0.1, 0.15) is 0 Å². The second-order valence-electron chi connectivity index (χ2n) is 5.57. The minimum Gasteiger partial charge on any atom is -0.493 e. The number of methoxy groups -OCH3 is 1. The molecule has 0 atom stereocenters. The van der Waals surface area contributed by atoms with E-state index in [1.54, 1.807) is 35.4 Å². The first-order valence-corrected chi connectivity index (χ1v) is 9.65. The Labute approximate surface area is 151 Å². The molecule has 8 nitrogen and oxygen atoms in total. The summed E-state index contributed by atoms with van der Waals surface area (Å²) in [7, 11) is -2.05. The molecule has 1 N–H and O–H groups in total. The molecule has 0 saturated carbocycles. The number of fused-ring (bicyclic) bond motifs is 1. The van der Waals surface area contributed by atoms with Crippen molar-refractivity contribution in [3.05, 3.63) is 42.1 Å². The lowest BCUT2D eigenvalue weighted by Crippen LogP contribution is -2.40. The zero-order chi connectivity index (χ0) is 18.7. The molecule has 0 bridgehead atoms. The summed E-state index contributed by atoms with van der Waals surface area (Å²) in [6, 6.07) is 5.02. The Morgan fingerprint density at radius 2 is 2.15 bits per heavy atom. The second-order valence-corrected chi connectivity index (χ2v) is 7.32. The van der Waals surface area contributed by atoms with Gasteiger partial charge in [0.05, 0.1) is 25.0 Å². The highest BCUT2D eigenvalue weighted by atomic mass is 32.2. The van der Waals surface area contributed by atoms with Gasteiger partial charge in [-0.25, -0.2) is 8.42 Å². The lowest BCUT2D eigenvalue weighted by atomic mass is 10.1. The van der Waals surface area contributed by atoms with E-state index in [0.717, 1.165) is 0 Å². The zero-order valence-electron chi connectivity index (χ0n) is 14.4. The highest BCUT2D eigenvalue weighted by molar-refractivity contribution is 7.90. The molecule has 0 aliphatic carbocycles. The molecule has 138 valence electrons. The Hall–Kier alpha value is -2.81. The largest absolute Gasteiger partial charge is 0.493 e. The van der Waals surface area contributed by atoms with Crippen molar-refractivity contribution in [1.82, 2.24) is 4.90 Å². The summed E-state index contributed by atoms with van der Waals surface area (Å²) in [5.74, 6) is 0.657. The molecule has 26 heavy (non-hydrogen) atoms. The van der Waals surface area contributed by atoms with E-state index in [4.69, 9.17) is 9.47 Å². The normalized spacial score (nSPS) is 17.7. The number of nitrogens with one attached hydrogen (secondary N) is 1. The van der Waals surface area contributed by atoms with Crippen molar-refractivity contribution in [2.24, 2.45) is 4.40 Å². The smallest absolute Gasteiger partial charge is 0.259 e. The monoisotopic (exact) mass is 377 g/mol. The molecule has 0 spiro atoms. The van der Waals surface area contributed by atoms with Crippen molar-refractivity contribution in [2.75, 3.05) is 31.3 Å². The number of hydrogen-bond donors (Lipinski definition) is 1. The number of carbonyl (C=O) groups is 1. The van der Waals surface area contributed by atoms with Gasteiger partial charge in [-0.05, 0) is 31.2 Å². The summed E-state index contributed by atoms with van der Waals surface area (Å²) < 4.78 is 38.0. The fourth-order valence-electron chi connectivity index (χ4n) is 2.61. The van der Waals surface area contributed by atoms with Crippen LogP contribution in [0, 0.1) is 0 Å². The number of amides is 1. The Kier molecular flexibility index (Phi) is 4.99. The van der Waals surface area contributed by atoms with Crippen molar-refractivity contribution in [3.8, 4) is 11.5 Å². The predicted molar refractivity (Wildman–Crippen MR) is 97.9 cm³/mol. The highest BCUT2D eigenvalue weighted by Crippen LogP contribution is 2.30. The Bertz CT molecular complexity index is 918. The van der Waals surface area contributed by atoms with E-state index >= 15 is 0 Å². The number of amidine groups is 1. The Balaban J connectivity index is 1.85. The molecule has 1 amide bonds. The summed E-state index contributed by atoms with van der Waals surface area (Å²) in [5, 5.41) is 2.74. The number of anilines is 1. The molecule has 0 aromatic heterocycles. The van der Waals surface area contributed by atoms with Gasteiger partial charge in [-0.1, -0.05) is 0 Å². The van der Waals surface area contributed by atoms with Crippen LogP contribution < -0.4 is 14.8 Å². The van der Waals surface area contributed by atoms with E-state index in [1.165, 1.54) is 13.2 Å². The van der Waals surface area contributed by atoms with Crippen LogP contribution in [0.15, 0.2) is 46.5 Å². The number of hydrogen-bond acceptors (Lipinski definition) is 6. The molecule has 2 aliphatic heterocycles. The molecule has 2 heterocycles. The lowest BCUT2D eigenvalue weighted by Gasteiger charge is -2.28. The van der Waals surface area contributed by atoms with Crippen molar-refractivity contribution in [3.63, 3.8) is 0 Å². The summed E-state index contributed by atoms with van der Waals surface area (Å²) >= 11 is 0. The predicted octanol–water partition coefficient (Wildman–Crippen LogP) is 1.53. The number of benzene rings is 1. The number of rotatable bonds is 5. The third kappa shape index (κ3) is 3.72. The van der Waals surface area contributed by atoms with Crippen LogP contribution >= 0.6 is 0 Å². The van der Waals surface area contributed by atoms with Gasteiger partial charge in [-0.15, -0.1) is 4.40 Å². The molecule has 0 radical (unpaired) electrons. The minimum absolute atomic E-state index is 0.0776. The van der Waals surface area contributed by atoms with Crippen molar-refractivity contribution >= 4 is 27.5 Å². The summed E-state index contributed by atoms with van der Waals surface area (Å²) in [4.78, 5) is 14.3. The molecular weight excluding hydrogens is 358 g/mol. The van der Waals surface area contributed by atoms with Crippen molar-refractivity contribution in [2.45, 2.75) is 6.92 Å². The molecular formula is C17H19N3O5S. The van der Waals surface area contributed by atoms with Gasteiger partial charge in [0.2, 0.25) is 0 Å². The van der Waals surface area contributed by atoms with Gasteiger partial charge in [0.25, 0.3) is 15.9 Å². The zero-order valence-corrected chi connectivity index (χ0v) is 15.2. The van der Waals surface area contributed by atoms with Gasteiger partial charge < -0.3 is 19.7 Å². The number of allylic oxidation sites excluding steroid dienone is 2. The maximum absolute atomic E-state index is 12.7. The van der Waals surface area contributed by atoms with Crippen molar-refractivity contribution in [1.29, 1.82) is 0 Å². The highest BCUT2D eigenvalue weighted by Gasteiger charge is 2.30. The van der Waals surface area contributed by atoms with E-state index < -0.39 is 15.9 Å². The van der Waals surface area contributed by atoms with Crippen LogP contribution in [0.2, 0.25) is 0 Å². The molecule has 0 saturated heterocycles. The fraction of sp³-hybridized carbons (Fsp3) is 0.294. The fourth-order valence-corrected chi connectivity index (χ4v) is 3.60. The molecule has 2 aliphatic rings. The summed E-state index contributed by atoms with van der Waals surface area (Å²) in [6.45, 7) is 2.62. The van der Waals surface area contributed by atoms with E-state index in [9.17, 15) is 13.2 Å². The van der Waals surface area contributed by atoms with Crippen LogP contribution in [0.4, 0.5) is 5.69 Å². The number of ether oxygens (including phenoxy) is 2. The SMILES string of the molecule is CCOc1ccc(NC(=O)C2=CC=CN3CCS(=O)(=O)N=C23)cc1OC. The number of nitrogens with zero attached hydrogens (tertiary/aromatic N) is 2. The van der Waals surface area contributed by atoms with E-state index in [-0.39, 0.29) is 23.7 Å². The second kappa shape index (κ2) is 7.20. The van der Waals surface area contributed by atoms with Crippen LogP contribution in [0.3, 0.4) is 0 Å². The molecule has 9 heteroatoms. The first kappa shape index (κ1) is 18.0. The van der Waals surface area contributed by atoms with Crippen molar-refractivity contribution < 1.29 is 22.7 Å². The van der Waals surface area contributed by atoms with E-state index in [0.29, 0.717) is 23.8 Å². The molecule has 3 rings (SSSR count). The van der Waals surface area contributed by atoms with Gasteiger partial charge in [0.15, 0.2) is 17.3 Å². The standard InChI is InChI=1S/C17H19N3O5S/c1-3-25-14-7-6-12(11-15(14)24-2)18-17(21)13-5-4-8-20-9-10-26(22,23)19-16(13)20/h4-8,11H,3,9-10H2,1-2H3,(H,18,21). The van der Waals surface area contributed by atoms with Gasteiger partial charge in [-0.3, -0.25) is 4.79 Å². The maximum Gasteiger partial charge on any atom is 0.259 e. The van der Waals surface area contributed by atoms with Gasteiger partial charge in [-0.2, -0.15) is 0 Å². The Morgan fingerprint density at radius 1 is 1.35 bits per heavy atom. The molecule has 0 fully saturated rings. The molecule has 0 unspecified atom stereocenters. The number of carbonyl (C=O) groups excluding carboxylic acids is 1. The van der Waals surface area contributed by atoms with Gasteiger partial charge in [0, 0.05) is 24.5 Å². The third-order valence-electron chi connectivity index (χ3n) is 3.82. The van der Waals surface area contributed by atoms with Crippen LogP contribution in [0.25, 0.3) is 0 Å². The summed E-state index contributed by atoms with van der Waals surface area (Å²) in [6.07, 6.45) is 4.92. The van der Waals surface area contributed by atoms with Crippen LogP contribution in [-0.2, 0) is 14.8 Å². The van der Waals surface area contributed by atoms with Gasteiger partial charge >= 0.3 is 0 Å². The topological polar surface area (TPSA) is 97.3 Å². The minimum atomic E-state index is -3.56. The maximum atomic E-state index is 12.7. The number of sulfonamides is 1. The molecule has 1 aromatic rings. The Morgan fingerprint density at radius 3 is 2.88 bits per heavy atom. The van der Waals surface area contributed by atoms with E-state index in [2.05, 4.69) is 9.71 Å². The van der Waals surface area contributed by atoms with Crippen LogP contribution in [0.5, 0.6) is 11.5 Å². The lowest BCUT2D eigenvalue weighted by molar-refractivity contribution is -0.112. The first-order chi connectivity index (χ1) is 12.4. The average Bonchev–Trinajstić information content (AvgIpc) is 2.61. The quantitative estimate of drug-likeness (QED) is 0.836.